The van der Waals surface area contributed by atoms with Crippen LogP contribution in [0, 0.1) is 3.57 Å². The Balaban J connectivity index is 2.08. The fourth-order valence-electron chi connectivity index (χ4n) is 2.39. The SMILES string of the molecule is CCn1cc(I)c(=O)n(CCCC2CCCO2)c1=O. The van der Waals surface area contributed by atoms with E-state index >= 15 is 0 Å². The van der Waals surface area contributed by atoms with Crippen LogP contribution in [0.25, 0.3) is 0 Å². The Kier molecular flexibility index (Phi) is 5.20. The molecule has 19 heavy (non-hydrogen) atoms. The quantitative estimate of drug-likeness (QED) is 0.732. The van der Waals surface area contributed by atoms with Crippen molar-refractivity contribution < 1.29 is 4.74 Å². The van der Waals surface area contributed by atoms with E-state index in [1.54, 1.807) is 10.8 Å². The van der Waals surface area contributed by atoms with Crippen molar-refractivity contribution in [3.8, 4) is 0 Å². The minimum atomic E-state index is -0.208. The molecule has 0 bridgehead atoms. The first-order valence-corrected chi connectivity index (χ1v) is 7.82. The van der Waals surface area contributed by atoms with Crippen LogP contribution in [-0.4, -0.2) is 21.8 Å². The van der Waals surface area contributed by atoms with Gasteiger partial charge in [0.25, 0.3) is 5.56 Å². The molecule has 2 rings (SSSR count). The van der Waals surface area contributed by atoms with Crippen LogP contribution in [0.2, 0.25) is 0 Å². The molecule has 1 aliphatic rings. The fraction of sp³-hybridized carbons (Fsp3) is 0.692. The molecule has 0 N–H and O–H groups in total. The number of ether oxygens (including phenoxy) is 1. The van der Waals surface area contributed by atoms with E-state index in [9.17, 15) is 9.59 Å². The van der Waals surface area contributed by atoms with E-state index in [4.69, 9.17) is 4.74 Å². The van der Waals surface area contributed by atoms with Gasteiger partial charge < -0.3 is 4.74 Å². The largest absolute Gasteiger partial charge is 0.378 e. The summed E-state index contributed by atoms with van der Waals surface area (Å²) < 4.78 is 9.07. The number of aryl methyl sites for hydroxylation is 1. The van der Waals surface area contributed by atoms with Gasteiger partial charge >= 0.3 is 5.69 Å². The third-order valence-corrected chi connectivity index (χ3v) is 4.21. The van der Waals surface area contributed by atoms with Gasteiger partial charge in [0.05, 0.1) is 9.67 Å². The lowest BCUT2D eigenvalue weighted by Gasteiger charge is -2.11. The van der Waals surface area contributed by atoms with E-state index in [2.05, 4.69) is 0 Å². The molecule has 1 unspecified atom stereocenters. The summed E-state index contributed by atoms with van der Waals surface area (Å²) in [7, 11) is 0. The summed E-state index contributed by atoms with van der Waals surface area (Å²) in [5.41, 5.74) is -0.386. The number of nitrogens with zero attached hydrogens (tertiary/aromatic N) is 2. The number of aromatic nitrogens is 2. The smallest absolute Gasteiger partial charge is 0.331 e. The van der Waals surface area contributed by atoms with Crippen LogP contribution in [0.5, 0.6) is 0 Å². The van der Waals surface area contributed by atoms with E-state index in [1.807, 2.05) is 29.5 Å². The second kappa shape index (κ2) is 6.69. The number of halogens is 1. The van der Waals surface area contributed by atoms with Gasteiger partial charge in [0, 0.05) is 25.9 Å². The summed E-state index contributed by atoms with van der Waals surface area (Å²) in [6.07, 6.45) is 5.89. The maximum absolute atomic E-state index is 12.1. The first-order valence-electron chi connectivity index (χ1n) is 6.75. The summed E-state index contributed by atoms with van der Waals surface area (Å²) in [6, 6.07) is 0. The van der Waals surface area contributed by atoms with Gasteiger partial charge in [-0.3, -0.25) is 13.9 Å². The Labute approximate surface area is 125 Å². The molecule has 1 saturated heterocycles. The van der Waals surface area contributed by atoms with Crippen molar-refractivity contribution in [2.24, 2.45) is 0 Å². The predicted octanol–water partition coefficient (Wildman–Crippen LogP) is 1.59. The van der Waals surface area contributed by atoms with Crippen molar-refractivity contribution >= 4 is 22.6 Å². The predicted molar refractivity (Wildman–Crippen MR) is 81.6 cm³/mol. The maximum Gasteiger partial charge on any atom is 0.331 e. The van der Waals surface area contributed by atoms with E-state index in [0.717, 1.165) is 32.3 Å². The summed E-state index contributed by atoms with van der Waals surface area (Å²) >= 11 is 1.99. The summed E-state index contributed by atoms with van der Waals surface area (Å²) in [5.74, 6) is 0. The molecule has 1 aliphatic heterocycles. The molecule has 0 amide bonds. The molecule has 1 atom stereocenters. The van der Waals surface area contributed by atoms with E-state index in [0.29, 0.717) is 22.8 Å². The molecular weight excluding hydrogens is 359 g/mol. The highest BCUT2D eigenvalue weighted by atomic mass is 127. The highest BCUT2D eigenvalue weighted by Crippen LogP contribution is 2.16. The Morgan fingerprint density at radius 1 is 1.47 bits per heavy atom. The van der Waals surface area contributed by atoms with Crippen LogP contribution >= 0.6 is 22.6 Å². The van der Waals surface area contributed by atoms with Gasteiger partial charge in [-0.15, -0.1) is 0 Å². The molecule has 1 fully saturated rings. The molecule has 0 aliphatic carbocycles. The standard InChI is InChI=1S/C13H19IN2O3/c1-2-15-9-11(14)12(17)16(13(15)18)7-3-5-10-6-4-8-19-10/h9-10H,2-8H2,1H3. The topological polar surface area (TPSA) is 53.2 Å². The molecule has 1 aromatic heterocycles. The van der Waals surface area contributed by atoms with Crippen molar-refractivity contribution in [2.45, 2.75) is 51.8 Å². The van der Waals surface area contributed by atoms with Crippen molar-refractivity contribution in [3.63, 3.8) is 0 Å². The van der Waals surface area contributed by atoms with Gasteiger partial charge in [0.2, 0.25) is 0 Å². The zero-order valence-corrected chi connectivity index (χ0v) is 13.3. The van der Waals surface area contributed by atoms with Gasteiger partial charge in [0.1, 0.15) is 0 Å². The minimum Gasteiger partial charge on any atom is -0.378 e. The number of rotatable bonds is 5. The number of hydrogen-bond acceptors (Lipinski definition) is 3. The fourth-order valence-corrected chi connectivity index (χ4v) is 3.02. The monoisotopic (exact) mass is 378 g/mol. The van der Waals surface area contributed by atoms with Crippen LogP contribution in [0.15, 0.2) is 15.8 Å². The minimum absolute atomic E-state index is 0.178. The van der Waals surface area contributed by atoms with Crippen LogP contribution in [0.1, 0.15) is 32.6 Å². The zero-order valence-electron chi connectivity index (χ0n) is 11.1. The number of hydrogen-bond donors (Lipinski definition) is 0. The van der Waals surface area contributed by atoms with Crippen LogP contribution in [0.3, 0.4) is 0 Å². The zero-order chi connectivity index (χ0) is 13.8. The molecule has 5 nitrogen and oxygen atoms in total. The molecule has 1 aromatic rings. The highest BCUT2D eigenvalue weighted by molar-refractivity contribution is 14.1. The van der Waals surface area contributed by atoms with E-state index in [1.165, 1.54) is 4.57 Å². The maximum atomic E-state index is 12.1. The lowest BCUT2D eigenvalue weighted by Crippen LogP contribution is -2.40. The van der Waals surface area contributed by atoms with Gasteiger partial charge in [-0.2, -0.15) is 0 Å². The molecule has 106 valence electrons. The van der Waals surface area contributed by atoms with Crippen LogP contribution < -0.4 is 11.2 Å². The van der Waals surface area contributed by atoms with E-state index < -0.39 is 0 Å². The van der Waals surface area contributed by atoms with Gasteiger partial charge in [-0.1, -0.05) is 0 Å². The Morgan fingerprint density at radius 3 is 2.89 bits per heavy atom. The summed E-state index contributed by atoms with van der Waals surface area (Å²) in [4.78, 5) is 24.1. The molecule has 0 spiro atoms. The highest BCUT2D eigenvalue weighted by Gasteiger charge is 2.15. The first kappa shape index (κ1) is 14.8. The Hall–Kier alpha value is -0.630. The van der Waals surface area contributed by atoms with Crippen LogP contribution in [0.4, 0.5) is 0 Å². The normalized spacial score (nSPS) is 18.9. The Morgan fingerprint density at radius 2 is 2.26 bits per heavy atom. The Bertz CT molecular complexity index is 544. The second-order valence-corrected chi connectivity index (χ2v) is 5.94. The van der Waals surface area contributed by atoms with Gasteiger partial charge in [0.15, 0.2) is 0 Å². The van der Waals surface area contributed by atoms with Crippen molar-refractivity contribution in [1.82, 2.24) is 9.13 Å². The van der Waals surface area contributed by atoms with Gasteiger partial charge in [-0.25, -0.2) is 4.79 Å². The molecule has 2 heterocycles. The summed E-state index contributed by atoms with van der Waals surface area (Å²) in [5, 5.41) is 0. The third-order valence-electron chi connectivity index (χ3n) is 3.47. The average molecular weight is 378 g/mol. The lowest BCUT2D eigenvalue weighted by molar-refractivity contribution is 0.101. The molecule has 6 heteroatoms. The van der Waals surface area contributed by atoms with Crippen molar-refractivity contribution in [1.29, 1.82) is 0 Å². The molecule has 0 radical (unpaired) electrons. The van der Waals surface area contributed by atoms with E-state index in [-0.39, 0.29) is 11.2 Å². The lowest BCUT2D eigenvalue weighted by atomic mass is 10.1. The van der Waals surface area contributed by atoms with Crippen LogP contribution in [-0.2, 0) is 17.8 Å². The average Bonchev–Trinajstić information content (AvgIpc) is 2.91. The van der Waals surface area contributed by atoms with Crippen molar-refractivity contribution in [2.75, 3.05) is 6.61 Å². The van der Waals surface area contributed by atoms with Crippen molar-refractivity contribution in [3.05, 3.63) is 30.6 Å². The summed E-state index contributed by atoms with van der Waals surface area (Å²) in [6.45, 7) is 3.81. The molecular formula is C13H19IN2O3. The molecule has 0 aromatic carbocycles. The molecule has 0 saturated carbocycles. The van der Waals surface area contributed by atoms with Gasteiger partial charge in [-0.05, 0) is 55.2 Å². The first-order chi connectivity index (χ1) is 9.13. The third kappa shape index (κ3) is 3.47. The second-order valence-electron chi connectivity index (χ2n) is 4.78.